The van der Waals surface area contributed by atoms with Gasteiger partial charge in [0.25, 0.3) is 0 Å². The van der Waals surface area contributed by atoms with Crippen molar-refractivity contribution in [2.45, 2.75) is 49.2 Å². The second-order valence-corrected chi connectivity index (χ2v) is 9.37. The first-order chi connectivity index (χ1) is 16.6. The van der Waals surface area contributed by atoms with E-state index in [4.69, 9.17) is 20.2 Å². The van der Waals surface area contributed by atoms with Crippen molar-refractivity contribution < 1.29 is 14.3 Å². The van der Waals surface area contributed by atoms with Gasteiger partial charge in [0.15, 0.2) is 33.6 Å². The van der Waals surface area contributed by atoms with Crippen LogP contribution >= 0.6 is 11.8 Å². The minimum atomic E-state index is 0.141. The quantitative estimate of drug-likeness (QED) is 0.566. The molecule has 2 N–H and O–H groups in total. The lowest BCUT2D eigenvalue weighted by Crippen LogP contribution is -2.38. The summed E-state index contributed by atoms with van der Waals surface area (Å²) in [7, 11) is 0. The Morgan fingerprint density at radius 1 is 1.26 bits per heavy atom. The predicted molar refractivity (Wildman–Crippen MR) is 125 cm³/mol. The maximum absolute atomic E-state index is 12.0. The normalized spacial score (nSPS) is 15.6. The maximum Gasteiger partial charge on any atom is 0.231 e. The zero-order chi connectivity index (χ0) is 23.7. The summed E-state index contributed by atoms with van der Waals surface area (Å²) in [5.74, 6) is 2.23. The Morgan fingerprint density at radius 3 is 2.76 bits per heavy atom. The van der Waals surface area contributed by atoms with Gasteiger partial charge in [-0.1, -0.05) is 18.7 Å². The number of amides is 1. The van der Waals surface area contributed by atoms with Gasteiger partial charge in [0.1, 0.15) is 12.4 Å². The lowest BCUT2D eigenvalue weighted by Gasteiger charge is -2.32. The molecule has 1 fully saturated rings. The number of hydrogen-bond acceptors (Lipinski definition) is 9. The van der Waals surface area contributed by atoms with Crippen LogP contribution in [0.15, 0.2) is 28.5 Å². The lowest BCUT2D eigenvalue weighted by atomic mass is 9.93. The summed E-state index contributed by atoms with van der Waals surface area (Å²) in [6.07, 6.45) is 4.90. The van der Waals surface area contributed by atoms with Gasteiger partial charge in [-0.25, -0.2) is 15.0 Å². The van der Waals surface area contributed by atoms with Crippen LogP contribution in [-0.2, 0) is 11.3 Å². The number of nitriles is 1. The van der Waals surface area contributed by atoms with Gasteiger partial charge in [0, 0.05) is 37.0 Å². The van der Waals surface area contributed by atoms with Crippen LogP contribution in [0.25, 0.3) is 11.2 Å². The number of anilines is 1. The number of rotatable bonds is 6. The van der Waals surface area contributed by atoms with Crippen molar-refractivity contribution in [1.29, 1.82) is 5.26 Å². The molecule has 34 heavy (non-hydrogen) atoms. The number of fused-ring (bicyclic) bond motifs is 2. The molecule has 0 bridgehead atoms. The molecule has 0 radical (unpaired) electrons. The number of hydrogen-bond donors (Lipinski definition) is 1. The molecule has 2 aromatic heterocycles. The van der Waals surface area contributed by atoms with E-state index in [-0.39, 0.29) is 12.7 Å². The summed E-state index contributed by atoms with van der Waals surface area (Å²) in [6, 6.07) is 5.74. The molecular weight excluding hydrogens is 454 g/mol. The van der Waals surface area contributed by atoms with Crippen molar-refractivity contribution in [3.63, 3.8) is 0 Å². The van der Waals surface area contributed by atoms with Crippen LogP contribution in [0, 0.1) is 17.2 Å². The lowest BCUT2D eigenvalue weighted by molar-refractivity contribution is -0.132. The molecule has 5 rings (SSSR count). The van der Waals surface area contributed by atoms with Crippen LogP contribution < -0.4 is 15.2 Å². The molecule has 2 aliphatic heterocycles. The fraction of sp³-hybridized carbons (Fsp3) is 0.435. The molecule has 4 heterocycles. The average Bonchev–Trinajstić information content (AvgIpc) is 3.46. The van der Waals surface area contributed by atoms with Crippen LogP contribution in [0.2, 0.25) is 0 Å². The highest BCUT2D eigenvalue weighted by molar-refractivity contribution is 7.99. The van der Waals surface area contributed by atoms with Crippen molar-refractivity contribution >= 4 is 34.7 Å². The van der Waals surface area contributed by atoms with E-state index in [1.54, 1.807) is 6.07 Å². The van der Waals surface area contributed by atoms with Gasteiger partial charge in [0.05, 0.1) is 5.56 Å². The first-order valence-electron chi connectivity index (χ1n) is 11.3. The highest BCUT2D eigenvalue weighted by atomic mass is 32.2. The molecule has 0 unspecified atom stereocenters. The number of likely N-dealkylation sites (tertiary alicyclic amines) is 1. The second-order valence-electron chi connectivity index (χ2n) is 8.36. The highest BCUT2D eigenvalue weighted by Crippen LogP contribution is 2.41. The maximum atomic E-state index is 12.0. The van der Waals surface area contributed by atoms with E-state index in [1.165, 1.54) is 18.1 Å². The van der Waals surface area contributed by atoms with Gasteiger partial charge in [-0.2, -0.15) is 5.26 Å². The van der Waals surface area contributed by atoms with Crippen molar-refractivity contribution in [2.24, 2.45) is 5.92 Å². The third-order valence-corrected chi connectivity index (χ3v) is 7.40. The number of nitrogen functional groups attached to an aromatic ring is 1. The number of benzene rings is 1. The van der Waals surface area contributed by atoms with E-state index in [2.05, 4.69) is 16.0 Å². The van der Waals surface area contributed by atoms with Crippen LogP contribution in [0.1, 0.15) is 38.2 Å². The van der Waals surface area contributed by atoms with Crippen molar-refractivity contribution in [3.8, 4) is 17.6 Å². The van der Waals surface area contributed by atoms with Gasteiger partial charge in [-0.05, 0) is 31.2 Å². The summed E-state index contributed by atoms with van der Waals surface area (Å²) < 4.78 is 13.0. The fourth-order valence-corrected chi connectivity index (χ4v) is 5.42. The van der Waals surface area contributed by atoms with Crippen LogP contribution in [0.3, 0.4) is 0 Å². The van der Waals surface area contributed by atoms with Crippen LogP contribution in [0.4, 0.5) is 5.82 Å². The van der Waals surface area contributed by atoms with Crippen molar-refractivity contribution in [1.82, 2.24) is 24.4 Å². The zero-order valence-corrected chi connectivity index (χ0v) is 19.7. The number of carbonyl (C=O) groups excluding carboxylic acids is 1. The predicted octanol–water partition coefficient (Wildman–Crippen LogP) is 3.20. The number of aromatic nitrogens is 4. The number of imidazole rings is 1. The van der Waals surface area contributed by atoms with Gasteiger partial charge in [-0.3, -0.25) is 4.79 Å². The summed E-state index contributed by atoms with van der Waals surface area (Å²) >= 11 is 1.38. The topological polar surface area (TPSA) is 132 Å². The fourth-order valence-electron chi connectivity index (χ4n) is 4.41. The number of carbonyl (C=O) groups is 1. The summed E-state index contributed by atoms with van der Waals surface area (Å²) in [6.45, 7) is 4.36. The summed E-state index contributed by atoms with van der Waals surface area (Å²) in [5, 5.41) is 10.4. The molecule has 0 spiro atoms. The van der Waals surface area contributed by atoms with E-state index in [1.807, 2.05) is 22.5 Å². The van der Waals surface area contributed by atoms with E-state index in [9.17, 15) is 10.1 Å². The highest BCUT2D eigenvalue weighted by Gasteiger charge is 2.24. The first-order valence-corrected chi connectivity index (χ1v) is 12.1. The minimum Gasteiger partial charge on any atom is -0.454 e. The van der Waals surface area contributed by atoms with Crippen molar-refractivity contribution in [3.05, 3.63) is 24.0 Å². The van der Waals surface area contributed by atoms with Gasteiger partial charge < -0.3 is 24.7 Å². The zero-order valence-electron chi connectivity index (χ0n) is 18.9. The number of nitrogens with two attached hydrogens (primary N) is 1. The third-order valence-electron chi connectivity index (χ3n) is 6.35. The molecule has 176 valence electrons. The molecule has 1 aromatic carbocycles. The second kappa shape index (κ2) is 9.38. The number of aryl methyl sites for hydroxylation is 1. The molecule has 0 saturated carbocycles. The molecule has 1 saturated heterocycles. The molecule has 0 atom stereocenters. The largest absolute Gasteiger partial charge is 0.454 e. The Labute approximate surface area is 201 Å². The number of ether oxygens (including phenoxy) is 2. The molecular formula is C23H25N7O3S. The monoisotopic (exact) mass is 479 g/mol. The molecule has 1 amide bonds. The average molecular weight is 480 g/mol. The Morgan fingerprint density at radius 2 is 2.03 bits per heavy atom. The minimum absolute atomic E-state index is 0.141. The number of nitrogens with zero attached hydrogens (tertiary/aromatic N) is 6. The van der Waals surface area contributed by atoms with E-state index in [0.29, 0.717) is 58.1 Å². The Balaban J connectivity index is 1.40. The van der Waals surface area contributed by atoms with Crippen LogP contribution in [0.5, 0.6) is 11.5 Å². The molecule has 0 aliphatic carbocycles. The SMILES string of the molecule is CCC(=O)N1CCC(CCn2c(Sc3cc4c(cc3C#N)OCO4)nc3c(N)ncnc32)CC1. The molecule has 10 nitrogen and oxygen atoms in total. The molecule has 11 heteroatoms. The Bertz CT molecular complexity index is 1280. The Hall–Kier alpha value is -3.52. The van der Waals surface area contributed by atoms with Gasteiger partial charge in [0.2, 0.25) is 12.7 Å². The summed E-state index contributed by atoms with van der Waals surface area (Å²) in [4.78, 5) is 27.9. The first kappa shape index (κ1) is 22.3. The van der Waals surface area contributed by atoms with E-state index in [0.717, 1.165) is 37.2 Å². The van der Waals surface area contributed by atoms with Gasteiger partial charge >= 0.3 is 0 Å². The van der Waals surface area contributed by atoms with E-state index >= 15 is 0 Å². The van der Waals surface area contributed by atoms with Gasteiger partial charge in [-0.15, -0.1) is 0 Å². The van der Waals surface area contributed by atoms with Crippen molar-refractivity contribution in [2.75, 3.05) is 25.6 Å². The molecule has 2 aliphatic rings. The van der Waals surface area contributed by atoms with Crippen LogP contribution in [-0.4, -0.2) is 50.2 Å². The molecule has 3 aromatic rings. The number of piperidine rings is 1. The summed E-state index contributed by atoms with van der Waals surface area (Å²) in [5.41, 5.74) is 7.80. The third kappa shape index (κ3) is 4.21. The Kier molecular flexibility index (Phi) is 6.15. The van der Waals surface area contributed by atoms with E-state index < -0.39 is 0 Å². The smallest absolute Gasteiger partial charge is 0.231 e. The standard InChI is InChI=1S/C23H25N7O3S/c1-2-19(31)29-6-3-14(4-7-29)5-8-30-22-20(21(25)26-12-27-22)28-23(30)34-18-10-17-16(32-13-33-17)9-15(18)11-24/h9-10,12,14H,2-8,13H2,1H3,(H2,25,26,27).